The molecule has 0 aromatic heterocycles. The topological polar surface area (TPSA) is 100 Å². The van der Waals surface area contributed by atoms with Gasteiger partial charge < -0.3 is 19.7 Å². The Morgan fingerprint density at radius 3 is 2.60 bits per heavy atom. The van der Waals surface area contributed by atoms with Crippen LogP contribution in [0.5, 0.6) is 23.0 Å². The van der Waals surface area contributed by atoms with Crippen LogP contribution in [0.2, 0.25) is 0 Å². The average Bonchev–Trinajstić information content (AvgIpc) is 2.62. The lowest BCUT2D eigenvalue weighted by atomic mass is 10.2. The zero-order valence-electron chi connectivity index (χ0n) is 13.0. The second kappa shape index (κ2) is 8.72. The summed E-state index contributed by atoms with van der Waals surface area (Å²) in [6.45, 7) is -0.247. The van der Waals surface area contributed by atoms with Gasteiger partial charge in [-0.05, 0) is 50.1 Å². The van der Waals surface area contributed by atoms with Crippen LogP contribution in [0.1, 0.15) is 5.56 Å². The van der Waals surface area contributed by atoms with E-state index in [-0.39, 0.29) is 22.6 Å². The van der Waals surface area contributed by atoms with E-state index in [1.165, 1.54) is 19.4 Å². The Bertz CT molecular complexity index is 811. The number of benzene rings is 2. The monoisotopic (exact) mass is 472 g/mol. The number of carbonyl (C=O) groups is 1. The molecule has 7 nitrogen and oxygen atoms in total. The van der Waals surface area contributed by atoms with Crippen LogP contribution in [0.15, 0.2) is 44.4 Å². The largest absolute Gasteiger partial charge is 0.504 e. The number of amides is 1. The molecule has 3 N–H and O–H groups in total. The number of rotatable bonds is 6. The summed E-state index contributed by atoms with van der Waals surface area (Å²) in [5.74, 6) is -0.118. The summed E-state index contributed by atoms with van der Waals surface area (Å²) in [5.41, 5.74) is 2.76. The van der Waals surface area contributed by atoms with E-state index in [1.807, 2.05) is 0 Å². The molecule has 0 saturated heterocycles. The molecule has 0 spiro atoms. The van der Waals surface area contributed by atoms with Gasteiger partial charge in [0, 0.05) is 10.0 Å². The minimum atomic E-state index is -0.472. The molecule has 0 aliphatic carbocycles. The SMILES string of the molecule is COc1ccccc1OCC(=O)N/N=C\c1cc(O)c(O)c(Br)c1Br. The molecule has 0 radical (unpaired) electrons. The Balaban J connectivity index is 1.95. The van der Waals surface area contributed by atoms with E-state index in [2.05, 4.69) is 42.4 Å². The smallest absolute Gasteiger partial charge is 0.277 e. The van der Waals surface area contributed by atoms with Gasteiger partial charge in [0.25, 0.3) is 5.91 Å². The Labute approximate surface area is 160 Å². The lowest BCUT2D eigenvalue weighted by Crippen LogP contribution is -2.24. The van der Waals surface area contributed by atoms with Crippen LogP contribution in [0.4, 0.5) is 0 Å². The van der Waals surface area contributed by atoms with Crippen LogP contribution in [-0.2, 0) is 4.79 Å². The third kappa shape index (κ3) is 4.86. The number of hydrogen-bond donors (Lipinski definition) is 3. The van der Waals surface area contributed by atoms with Crippen molar-refractivity contribution in [1.82, 2.24) is 5.43 Å². The van der Waals surface area contributed by atoms with E-state index >= 15 is 0 Å². The van der Waals surface area contributed by atoms with Crippen molar-refractivity contribution in [2.45, 2.75) is 0 Å². The normalized spacial score (nSPS) is 10.7. The molecule has 0 aliphatic heterocycles. The van der Waals surface area contributed by atoms with Gasteiger partial charge >= 0.3 is 0 Å². The highest BCUT2D eigenvalue weighted by molar-refractivity contribution is 9.13. The first-order chi connectivity index (χ1) is 11.9. The molecule has 0 heterocycles. The predicted molar refractivity (Wildman–Crippen MR) is 99.4 cm³/mol. The predicted octanol–water partition coefficient (Wildman–Crippen LogP) is 3.16. The van der Waals surface area contributed by atoms with Crippen molar-refractivity contribution in [2.24, 2.45) is 5.10 Å². The number of para-hydroxylation sites is 2. The highest BCUT2D eigenvalue weighted by atomic mass is 79.9. The van der Waals surface area contributed by atoms with Gasteiger partial charge in [-0.3, -0.25) is 4.79 Å². The quantitative estimate of drug-likeness (QED) is 0.340. The number of carbonyl (C=O) groups excluding carboxylic acids is 1. The molecule has 0 bridgehead atoms. The van der Waals surface area contributed by atoms with Gasteiger partial charge in [-0.15, -0.1) is 0 Å². The van der Waals surface area contributed by atoms with E-state index in [4.69, 9.17) is 9.47 Å². The number of phenolic OH excluding ortho intramolecular Hbond substituents is 2. The van der Waals surface area contributed by atoms with Crippen LogP contribution < -0.4 is 14.9 Å². The molecule has 2 rings (SSSR count). The third-order valence-electron chi connectivity index (χ3n) is 3.01. The van der Waals surface area contributed by atoms with Crippen LogP contribution in [0.3, 0.4) is 0 Å². The fourth-order valence-electron chi connectivity index (χ4n) is 1.80. The standard InChI is InChI=1S/C16H14Br2N2O5/c1-24-11-4-2-3-5-12(11)25-8-13(22)20-19-7-9-6-10(21)16(23)15(18)14(9)17/h2-7,21,23H,8H2,1H3,(H,20,22)/b19-7-. The molecule has 0 unspecified atom stereocenters. The molecule has 9 heteroatoms. The van der Waals surface area contributed by atoms with Crippen LogP contribution in [0.25, 0.3) is 0 Å². The maximum atomic E-state index is 11.8. The summed E-state index contributed by atoms with van der Waals surface area (Å²) in [4.78, 5) is 11.8. The molecule has 2 aromatic rings. The number of ether oxygens (including phenoxy) is 2. The van der Waals surface area contributed by atoms with Crippen molar-refractivity contribution in [2.75, 3.05) is 13.7 Å². The number of methoxy groups -OCH3 is 1. The Morgan fingerprint density at radius 2 is 1.92 bits per heavy atom. The van der Waals surface area contributed by atoms with E-state index < -0.39 is 5.91 Å². The van der Waals surface area contributed by atoms with Gasteiger partial charge in [-0.1, -0.05) is 12.1 Å². The van der Waals surface area contributed by atoms with Crippen molar-refractivity contribution < 1.29 is 24.5 Å². The molecule has 25 heavy (non-hydrogen) atoms. The number of phenols is 2. The fraction of sp³-hybridized carbons (Fsp3) is 0.125. The van der Waals surface area contributed by atoms with Crippen LogP contribution in [0, 0.1) is 0 Å². The maximum absolute atomic E-state index is 11.8. The first kappa shape index (κ1) is 19.1. The van der Waals surface area contributed by atoms with Crippen LogP contribution in [-0.4, -0.2) is 36.1 Å². The minimum absolute atomic E-state index is 0.247. The van der Waals surface area contributed by atoms with E-state index in [9.17, 15) is 15.0 Å². The van der Waals surface area contributed by atoms with Crippen molar-refractivity contribution in [3.63, 3.8) is 0 Å². The van der Waals surface area contributed by atoms with Gasteiger partial charge in [0.05, 0.1) is 17.8 Å². The zero-order chi connectivity index (χ0) is 18.4. The van der Waals surface area contributed by atoms with E-state index in [0.29, 0.717) is 21.5 Å². The first-order valence-electron chi connectivity index (χ1n) is 6.91. The maximum Gasteiger partial charge on any atom is 0.277 e. The number of nitrogens with zero attached hydrogens (tertiary/aromatic N) is 1. The Hall–Kier alpha value is -2.26. The number of hydrogen-bond acceptors (Lipinski definition) is 6. The number of aromatic hydroxyl groups is 2. The average molecular weight is 474 g/mol. The lowest BCUT2D eigenvalue weighted by Gasteiger charge is -2.09. The molecule has 1 amide bonds. The lowest BCUT2D eigenvalue weighted by molar-refractivity contribution is -0.123. The van der Waals surface area contributed by atoms with Crippen molar-refractivity contribution >= 4 is 44.0 Å². The summed E-state index contributed by atoms with van der Waals surface area (Å²) in [6.07, 6.45) is 1.31. The van der Waals surface area contributed by atoms with Gasteiger partial charge in [-0.25, -0.2) is 5.43 Å². The molecular weight excluding hydrogens is 460 g/mol. The highest BCUT2D eigenvalue weighted by Crippen LogP contribution is 2.40. The summed E-state index contributed by atoms with van der Waals surface area (Å²) in [7, 11) is 1.51. The molecule has 0 atom stereocenters. The fourth-order valence-corrected chi connectivity index (χ4v) is 2.64. The molecule has 2 aromatic carbocycles. The summed E-state index contributed by atoms with van der Waals surface area (Å²) in [5, 5.41) is 23.0. The minimum Gasteiger partial charge on any atom is -0.504 e. The second-order valence-electron chi connectivity index (χ2n) is 4.69. The summed E-state index contributed by atoms with van der Waals surface area (Å²) < 4.78 is 11.2. The number of hydrazone groups is 1. The summed E-state index contributed by atoms with van der Waals surface area (Å²) >= 11 is 6.38. The Kier molecular flexibility index (Phi) is 6.65. The molecular formula is C16H14Br2N2O5. The van der Waals surface area contributed by atoms with E-state index in [0.717, 1.165) is 0 Å². The van der Waals surface area contributed by atoms with Crippen LogP contribution >= 0.6 is 31.9 Å². The molecule has 0 saturated carbocycles. The highest BCUT2D eigenvalue weighted by Gasteiger charge is 2.12. The third-order valence-corrected chi connectivity index (χ3v) is 5.17. The van der Waals surface area contributed by atoms with Crippen molar-refractivity contribution in [3.8, 4) is 23.0 Å². The zero-order valence-corrected chi connectivity index (χ0v) is 16.2. The van der Waals surface area contributed by atoms with Gasteiger partial charge in [-0.2, -0.15) is 5.10 Å². The Morgan fingerprint density at radius 1 is 1.24 bits per heavy atom. The van der Waals surface area contributed by atoms with Gasteiger partial charge in [0.15, 0.2) is 29.6 Å². The van der Waals surface area contributed by atoms with Gasteiger partial charge in [0.1, 0.15) is 0 Å². The summed E-state index contributed by atoms with van der Waals surface area (Å²) in [6, 6.07) is 8.26. The molecule has 0 fully saturated rings. The van der Waals surface area contributed by atoms with E-state index in [1.54, 1.807) is 24.3 Å². The first-order valence-corrected chi connectivity index (χ1v) is 8.50. The van der Waals surface area contributed by atoms with Crippen molar-refractivity contribution in [3.05, 3.63) is 44.8 Å². The van der Waals surface area contributed by atoms with Gasteiger partial charge in [0.2, 0.25) is 0 Å². The molecule has 0 aliphatic rings. The molecule has 132 valence electrons. The van der Waals surface area contributed by atoms with Crippen molar-refractivity contribution in [1.29, 1.82) is 0 Å². The number of nitrogens with one attached hydrogen (secondary N) is 1. The second-order valence-corrected chi connectivity index (χ2v) is 6.28. The number of halogens is 2.